The second kappa shape index (κ2) is 12.8. The van der Waals surface area contributed by atoms with E-state index in [-0.39, 0.29) is 29.9 Å². The fourth-order valence-corrected chi connectivity index (χ4v) is 4.97. The molecule has 0 unspecified atom stereocenters. The van der Waals surface area contributed by atoms with Crippen LogP contribution in [-0.4, -0.2) is 35.6 Å². The van der Waals surface area contributed by atoms with Crippen LogP contribution in [0.4, 0.5) is 4.39 Å². The molecule has 2 amide bonds. The molecule has 0 bridgehead atoms. The van der Waals surface area contributed by atoms with Gasteiger partial charge in [0, 0.05) is 41.4 Å². The third-order valence-corrected chi connectivity index (χ3v) is 7.02. The zero-order valence-electron chi connectivity index (χ0n) is 18.6. The monoisotopic (exact) mass is 518 g/mol. The molecule has 8 heteroatoms. The molecule has 0 heterocycles. The molecule has 1 atom stereocenters. The van der Waals surface area contributed by atoms with Crippen LogP contribution < -0.4 is 5.32 Å². The van der Waals surface area contributed by atoms with Crippen LogP contribution in [0, 0.1) is 5.82 Å². The highest BCUT2D eigenvalue weighted by atomic mass is 35.5. The maximum absolute atomic E-state index is 14.1. The lowest BCUT2D eigenvalue weighted by molar-refractivity contribution is -0.139. The number of halogens is 3. The Kier molecular flexibility index (Phi) is 9.81. The molecular formula is C26H25Cl2FN2O2S. The van der Waals surface area contributed by atoms with Gasteiger partial charge in [-0.1, -0.05) is 77.8 Å². The van der Waals surface area contributed by atoms with Crippen molar-refractivity contribution in [3.63, 3.8) is 0 Å². The standard InChI is InChI=1S/C26H25Cl2FN2O2S/c1-30-26(33)24(14-18-8-3-2-4-9-18)31(15-19-10-5-6-11-21(19)27)25(32)17-34-16-20-22(28)12-7-13-23(20)29/h2-13,24H,14-17H2,1H3,(H,30,33)/t24-/m1/s1. The van der Waals surface area contributed by atoms with Crippen molar-refractivity contribution in [2.24, 2.45) is 0 Å². The molecule has 3 rings (SSSR count). The van der Waals surface area contributed by atoms with Crippen LogP contribution in [-0.2, 0) is 28.3 Å². The molecule has 0 radical (unpaired) electrons. The third-order valence-electron chi connectivity index (χ3n) is 5.35. The van der Waals surface area contributed by atoms with Gasteiger partial charge in [0.1, 0.15) is 11.9 Å². The summed E-state index contributed by atoms with van der Waals surface area (Å²) in [7, 11) is 1.55. The molecular weight excluding hydrogens is 494 g/mol. The van der Waals surface area contributed by atoms with Gasteiger partial charge in [-0.05, 0) is 29.3 Å². The molecule has 0 aliphatic rings. The Hall–Kier alpha value is -2.54. The lowest BCUT2D eigenvalue weighted by atomic mass is 10.0. The SMILES string of the molecule is CNC(=O)[C@@H](Cc1ccccc1)N(Cc1ccccc1Cl)C(=O)CSCc1c(F)cccc1Cl. The van der Waals surface area contributed by atoms with Crippen LogP contribution in [0.25, 0.3) is 0 Å². The predicted octanol–water partition coefficient (Wildman–Crippen LogP) is 5.75. The molecule has 0 aromatic heterocycles. The van der Waals surface area contributed by atoms with Gasteiger partial charge >= 0.3 is 0 Å². The Morgan fingerprint density at radius 3 is 2.32 bits per heavy atom. The summed E-state index contributed by atoms with van der Waals surface area (Å²) in [4.78, 5) is 27.9. The number of hydrogen-bond donors (Lipinski definition) is 1. The molecule has 4 nitrogen and oxygen atoms in total. The van der Waals surface area contributed by atoms with Crippen molar-refractivity contribution in [3.8, 4) is 0 Å². The van der Waals surface area contributed by atoms with Gasteiger partial charge in [0.25, 0.3) is 0 Å². The van der Waals surface area contributed by atoms with E-state index >= 15 is 0 Å². The number of nitrogens with one attached hydrogen (secondary N) is 1. The maximum atomic E-state index is 14.1. The zero-order chi connectivity index (χ0) is 24.5. The first kappa shape index (κ1) is 26.1. The molecule has 1 N–H and O–H groups in total. The van der Waals surface area contributed by atoms with E-state index in [4.69, 9.17) is 23.2 Å². The zero-order valence-corrected chi connectivity index (χ0v) is 21.0. The maximum Gasteiger partial charge on any atom is 0.242 e. The Morgan fingerprint density at radius 1 is 0.971 bits per heavy atom. The van der Waals surface area contributed by atoms with E-state index < -0.39 is 11.9 Å². The first-order chi connectivity index (χ1) is 16.4. The van der Waals surface area contributed by atoms with E-state index in [1.165, 1.54) is 17.8 Å². The minimum Gasteiger partial charge on any atom is -0.357 e. The molecule has 3 aromatic rings. The van der Waals surface area contributed by atoms with Gasteiger partial charge < -0.3 is 10.2 Å². The number of carbonyl (C=O) groups is 2. The van der Waals surface area contributed by atoms with Crippen LogP contribution in [0.1, 0.15) is 16.7 Å². The normalized spacial score (nSPS) is 11.6. The van der Waals surface area contributed by atoms with Gasteiger partial charge in [-0.25, -0.2) is 4.39 Å². The highest BCUT2D eigenvalue weighted by Crippen LogP contribution is 2.25. The summed E-state index contributed by atoms with van der Waals surface area (Å²) >= 11 is 13.7. The summed E-state index contributed by atoms with van der Waals surface area (Å²) in [6, 6.07) is 20.5. The van der Waals surface area contributed by atoms with E-state index in [2.05, 4.69) is 5.32 Å². The summed E-state index contributed by atoms with van der Waals surface area (Å²) < 4.78 is 14.1. The molecule has 3 aromatic carbocycles. The second-order valence-corrected chi connectivity index (χ2v) is 9.43. The fraction of sp³-hybridized carbons (Fsp3) is 0.231. The number of benzene rings is 3. The first-order valence-corrected chi connectivity index (χ1v) is 12.6. The van der Waals surface area contributed by atoms with Crippen LogP contribution in [0.5, 0.6) is 0 Å². The minimum atomic E-state index is -0.742. The number of amides is 2. The highest BCUT2D eigenvalue weighted by molar-refractivity contribution is 7.99. The van der Waals surface area contributed by atoms with Crippen LogP contribution in [0.3, 0.4) is 0 Å². The third kappa shape index (κ3) is 6.98. The van der Waals surface area contributed by atoms with Crippen molar-refractivity contribution in [2.45, 2.75) is 24.8 Å². The van der Waals surface area contributed by atoms with Gasteiger partial charge in [0.2, 0.25) is 11.8 Å². The molecule has 0 spiro atoms. The van der Waals surface area contributed by atoms with Crippen molar-refractivity contribution in [1.82, 2.24) is 10.2 Å². The molecule has 178 valence electrons. The van der Waals surface area contributed by atoms with Crippen LogP contribution in [0.15, 0.2) is 72.8 Å². The summed E-state index contributed by atoms with van der Waals surface area (Å²) in [5, 5.41) is 3.51. The molecule has 0 aliphatic carbocycles. The van der Waals surface area contributed by atoms with Gasteiger partial charge in [-0.15, -0.1) is 11.8 Å². The van der Waals surface area contributed by atoms with Crippen molar-refractivity contribution in [1.29, 1.82) is 0 Å². The Bertz CT molecular complexity index is 1110. The molecule has 0 saturated heterocycles. The summed E-state index contributed by atoms with van der Waals surface area (Å²) in [6.07, 6.45) is 0.348. The second-order valence-electron chi connectivity index (χ2n) is 7.63. The Morgan fingerprint density at radius 2 is 1.65 bits per heavy atom. The van der Waals surface area contributed by atoms with Gasteiger partial charge in [-0.2, -0.15) is 0 Å². The fourth-order valence-electron chi connectivity index (χ4n) is 3.52. The summed E-state index contributed by atoms with van der Waals surface area (Å²) in [5.41, 5.74) is 2.02. The van der Waals surface area contributed by atoms with E-state index in [1.54, 1.807) is 30.1 Å². The number of thioether (sulfide) groups is 1. The summed E-state index contributed by atoms with van der Waals surface area (Å²) in [5.74, 6) is -0.640. The highest BCUT2D eigenvalue weighted by Gasteiger charge is 2.30. The number of hydrogen-bond acceptors (Lipinski definition) is 3. The molecule has 0 fully saturated rings. The Balaban J connectivity index is 1.84. The number of likely N-dealkylation sites (N-methyl/N-ethyl adjacent to an activating group) is 1. The topological polar surface area (TPSA) is 49.4 Å². The predicted molar refractivity (Wildman–Crippen MR) is 138 cm³/mol. The van der Waals surface area contributed by atoms with Gasteiger partial charge in [-0.3, -0.25) is 9.59 Å². The van der Waals surface area contributed by atoms with Gasteiger partial charge in [0.15, 0.2) is 0 Å². The van der Waals surface area contributed by atoms with Crippen molar-refractivity contribution < 1.29 is 14.0 Å². The van der Waals surface area contributed by atoms with E-state index in [1.807, 2.05) is 48.5 Å². The molecule has 0 saturated carbocycles. The van der Waals surface area contributed by atoms with E-state index in [0.29, 0.717) is 22.0 Å². The minimum absolute atomic E-state index is 0.0530. The van der Waals surface area contributed by atoms with Crippen molar-refractivity contribution in [2.75, 3.05) is 12.8 Å². The van der Waals surface area contributed by atoms with Crippen molar-refractivity contribution in [3.05, 3.63) is 105 Å². The average Bonchev–Trinajstić information content (AvgIpc) is 2.84. The quantitative estimate of drug-likeness (QED) is 0.371. The van der Waals surface area contributed by atoms with Gasteiger partial charge in [0.05, 0.1) is 5.75 Å². The molecule has 0 aliphatic heterocycles. The number of carbonyl (C=O) groups excluding carboxylic acids is 2. The smallest absolute Gasteiger partial charge is 0.242 e. The van der Waals surface area contributed by atoms with Crippen LogP contribution >= 0.6 is 35.0 Å². The number of nitrogens with zero attached hydrogens (tertiary/aromatic N) is 1. The average molecular weight is 519 g/mol. The molecule has 34 heavy (non-hydrogen) atoms. The van der Waals surface area contributed by atoms with Crippen molar-refractivity contribution >= 4 is 46.8 Å². The lowest BCUT2D eigenvalue weighted by Crippen LogP contribution is -2.50. The first-order valence-electron chi connectivity index (χ1n) is 10.7. The van der Waals surface area contributed by atoms with E-state index in [0.717, 1.165) is 11.1 Å². The lowest BCUT2D eigenvalue weighted by Gasteiger charge is -2.31. The largest absolute Gasteiger partial charge is 0.357 e. The van der Waals surface area contributed by atoms with E-state index in [9.17, 15) is 14.0 Å². The summed E-state index contributed by atoms with van der Waals surface area (Å²) in [6.45, 7) is 0.171. The van der Waals surface area contributed by atoms with Crippen LogP contribution in [0.2, 0.25) is 10.0 Å². The Labute approximate surface area is 213 Å². The number of rotatable bonds is 10.